The number of thiocarbonyl (C=S) groups is 1. The van der Waals surface area contributed by atoms with Crippen LogP contribution in [0.1, 0.15) is 5.56 Å². The summed E-state index contributed by atoms with van der Waals surface area (Å²) in [5.41, 5.74) is 1.08. The van der Waals surface area contributed by atoms with Crippen LogP contribution in [0.25, 0.3) is 6.08 Å². The van der Waals surface area contributed by atoms with Gasteiger partial charge >= 0.3 is 10.1 Å². The zero-order valence-corrected chi connectivity index (χ0v) is 11.2. The smallest absolute Gasteiger partial charge is 0.306 e. The van der Waals surface area contributed by atoms with E-state index in [0.29, 0.717) is 11.3 Å². The number of nitrogens with zero attached hydrogens (tertiary/aromatic N) is 1. The molecule has 7 heteroatoms. The summed E-state index contributed by atoms with van der Waals surface area (Å²) in [4.78, 5) is 3.81. The van der Waals surface area contributed by atoms with Crippen molar-refractivity contribution in [1.29, 1.82) is 0 Å². The summed E-state index contributed by atoms with van der Waals surface area (Å²) < 4.78 is 26.7. The van der Waals surface area contributed by atoms with Crippen LogP contribution in [0.3, 0.4) is 0 Å². The lowest BCUT2D eigenvalue weighted by Gasteiger charge is -2.05. The van der Waals surface area contributed by atoms with E-state index in [1.165, 1.54) is 18.2 Å². The minimum Gasteiger partial charge on any atom is -0.392 e. The van der Waals surface area contributed by atoms with Crippen LogP contribution in [0, 0.1) is 0 Å². The van der Waals surface area contributed by atoms with Gasteiger partial charge in [-0.05, 0) is 24.4 Å². The summed E-state index contributed by atoms with van der Waals surface area (Å²) in [7, 11) is -3.58. The third-order valence-electron chi connectivity index (χ3n) is 1.82. The Morgan fingerprint density at radius 1 is 1.56 bits per heavy atom. The van der Waals surface area contributed by atoms with Gasteiger partial charge in [-0.1, -0.05) is 12.2 Å². The van der Waals surface area contributed by atoms with Crippen LogP contribution in [-0.2, 0) is 10.1 Å². The highest BCUT2D eigenvalue weighted by molar-refractivity contribution is 7.86. The molecular formula is C11H11NO4S2. The molecule has 5 nitrogen and oxygen atoms in total. The SMILES string of the molecule is CS(=O)(=O)Oc1ccc(C=CCO)c(N=C=S)c1. The number of rotatable bonds is 5. The third kappa shape index (κ3) is 4.77. The molecule has 0 radical (unpaired) electrons. The molecule has 0 atom stereocenters. The van der Waals surface area contributed by atoms with Crippen LogP contribution in [-0.4, -0.2) is 31.5 Å². The molecule has 1 N–H and O–H groups in total. The molecule has 0 spiro atoms. The predicted molar refractivity (Wildman–Crippen MR) is 72.7 cm³/mol. The van der Waals surface area contributed by atoms with E-state index in [9.17, 15) is 8.42 Å². The lowest BCUT2D eigenvalue weighted by Crippen LogP contribution is -2.05. The van der Waals surface area contributed by atoms with Crippen molar-refractivity contribution in [1.82, 2.24) is 0 Å². The van der Waals surface area contributed by atoms with Crippen molar-refractivity contribution >= 4 is 39.3 Å². The lowest BCUT2D eigenvalue weighted by molar-refractivity contribution is 0.343. The summed E-state index contributed by atoms with van der Waals surface area (Å²) in [6.45, 7) is -0.109. The maximum absolute atomic E-state index is 11.0. The quantitative estimate of drug-likeness (QED) is 0.507. The molecular weight excluding hydrogens is 274 g/mol. The molecule has 1 aromatic rings. The summed E-state index contributed by atoms with van der Waals surface area (Å²) in [6, 6.07) is 4.52. The molecule has 0 fully saturated rings. The van der Waals surface area contributed by atoms with Crippen molar-refractivity contribution in [3.05, 3.63) is 29.8 Å². The number of benzene rings is 1. The van der Waals surface area contributed by atoms with E-state index in [-0.39, 0.29) is 12.4 Å². The minimum atomic E-state index is -3.58. The molecule has 0 unspecified atom stereocenters. The Labute approximate surface area is 111 Å². The van der Waals surface area contributed by atoms with Gasteiger partial charge in [0.15, 0.2) is 0 Å². The van der Waals surface area contributed by atoms with Gasteiger partial charge in [0.05, 0.1) is 23.7 Å². The van der Waals surface area contributed by atoms with Crippen molar-refractivity contribution in [2.45, 2.75) is 0 Å². The molecule has 0 amide bonds. The first kappa shape index (κ1) is 14.5. The number of isothiocyanates is 1. The molecule has 0 saturated heterocycles. The second-order valence-corrected chi connectivity index (χ2v) is 5.05. The largest absolute Gasteiger partial charge is 0.392 e. The summed E-state index contributed by atoms with van der Waals surface area (Å²) >= 11 is 4.51. The topological polar surface area (TPSA) is 76.0 Å². The summed E-state index contributed by atoms with van der Waals surface area (Å²) in [6.07, 6.45) is 4.11. The Balaban J connectivity index is 3.18. The van der Waals surface area contributed by atoms with Crippen LogP contribution in [0.2, 0.25) is 0 Å². The first-order chi connectivity index (χ1) is 8.46. The number of hydrogen-bond acceptors (Lipinski definition) is 6. The molecule has 0 aromatic heterocycles. The predicted octanol–water partition coefficient (Wildman–Crippen LogP) is 1.76. The molecule has 0 aliphatic rings. The number of aliphatic hydroxyl groups excluding tert-OH is 1. The lowest BCUT2D eigenvalue weighted by atomic mass is 10.1. The van der Waals surface area contributed by atoms with Crippen molar-refractivity contribution in [2.75, 3.05) is 12.9 Å². The Hall–Kier alpha value is -1.53. The standard InChI is InChI=1S/C11H11NO4S2/c1-18(14,15)16-10-5-4-9(3-2-6-13)11(7-10)12-8-17/h2-5,7,13H,6H2,1H3. The fourth-order valence-electron chi connectivity index (χ4n) is 1.22. The van der Waals surface area contributed by atoms with E-state index in [4.69, 9.17) is 9.29 Å². The molecule has 0 aliphatic heterocycles. The Bertz CT molecular complexity index is 601. The van der Waals surface area contributed by atoms with Crippen LogP contribution in [0.15, 0.2) is 29.3 Å². The van der Waals surface area contributed by atoms with Gasteiger partial charge in [-0.3, -0.25) is 0 Å². The molecule has 0 bridgehead atoms. The van der Waals surface area contributed by atoms with E-state index in [0.717, 1.165) is 6.26 Å². The molecule has 0 saturated carbocycles. The van der Waals surface area contributed by atoms with E-state index >= 15 is 0 Å². The highest BCUT2D eigenvalue weighted by atomic mass is 32.2. The maximum Gasteiger partial charge on any atom is 0.306 e. The van der Waals surface area contributed by atoms with Crippen molar-refractivity contribution in [2.24, 2.45) is 4.99 Å². The van der Waals surface area contributed by atoms with E-state index in [1.807, 2.05) is 0 Å². The monoisotopic (exact) mass is 285 g/mol. The first-order valence-electron chi connectivity index (χ1n) is 4.85. The number of hydrogen-bond donors (Lipinski definition) is 1. The molecule has 0 heterocycles. The normalized spacial score (nSPS) is 11.2. The number of aliphatic hydroxyl groups is 1. The van der Waals surface area contributed by atoms with Crippen LogP contribution in [0.5, 0.6) is 5.75 Å². The van der Waals surface area contributed by atoms with Crippen LogP contribution in [0.4, 0.5) is 5.69 Å². The zero-order chi connectivity index (χ0) is 13.6. The van der Waals surface area contributed by atoms with Crippen molar-refractivity contribution < 1.29 is 17.7 Å². The molecule has 1 rings (SSSR count). The second-order valence-electron chi connectivity index (χ2n) is 3.30. The van der Waals surface area contributed by atoms with Gasteiger partial charge in [0, 0.05) is 11.6 Å². The molecule has 96 valence electrons. The Morgan fingerprint density at radius 2 is 2.28 bits per heavy atom. The van der Waals surface area contributed by atoms with E-state index in [2.05, 4.69) is 22.4 Å². The Kier molecular flexibility index (Phi) is 5.18. The average molecular weight is 285 g/mol. The highest BCUT2D eigenvalue weighted by Crippen LogP contribution is 2.26. The van der Waals surface area contributed by atoms with E-state index in [1.54, 1.807) is 12.1 Å². The molecule has 1 aromatic carbocycles. The third-order valence-corrected chi connectivity index (χ3v) is 2.40. The summed E-state index contributed by atoms with van der Waals surface area (Å²) in [5, 5.41) is 10.9. The molecule has 18 heavy (non-hydrogen) atoms. The second kappa shape index (κ2) is 6.42. The van der Waals surface area contributed by atoms with Crippen molar-refractivity contribution in [3.63, 3.8) is 0 Å². The average Bonchev–Trinajstić information content (AvgIpc) is 2.26. The van der Waals surface area contributed by atoms with Gasteiger partial charge in [-0.25, -0.2) is 0 Å². The zero-order valence-electron chi connectivity index (χ0n) is 9.53. The van der Waals surface area contributed by atoms with Gasteiger partial charge in [-0.2, -0.15) is 13.4 Å². The van der Waals surface area contributed by atoms with Gasteiger partial charge in [0.2, 0.25) is 0 Å². The Morgan fingerprint density at radius 3 is 2.83 bits per heavy atom. The van der Waals surface area contributed by atoms with Gasteiger partial charge in [-0.15, -0.1) is 0 Å². The molecule has 0 aliphatic carbocycles. The van der Waals surface area contributed by atoms with Gasteiger partial charge in [0.1, 0.15) is 5.75 Å². The fraction of sp³-hybridized carbons (Fsp3) is 0.182. The minimum absolute atomic E-state index is 0.109. The number of aliphatic imine (C=N–C) groups is 1. The van der Waals surface area contributed by atoms with Crippen LogP contribution < -0.4 is 4.18 Å². The van der Waals surface area contributed by atoms with Crippen LogP contribution >= 0.6 is 12.2 Å². The summed E-state index contributed by atoms with van der Waals surface area (Å²) in [5.74, 6) is 0.141. The van der Waals surface area contributed by atoms with Gasteiger partial charge < -0.3 is 9.29 Å². The fourth-order valence-corrected chi connectivity index (χ4v) is 1.77. The maximum atomic E-state index is 11.0. The van der Waals surface area contributed by atoms with E-state index < -0.39 is 10.1 Å². The first-order valence-corrected chi connectivity index (χ1v) is 7.07. The van der Waals surface area contributed by atoms with Crippen molar-refractivity contribution in [3.8, 4) is 5.75 Å². The highest BCUT2D eigenvalue weighted by Gasteiger charge is 2.07. The van der Waals surface area contributed by atoms with Gasteiger partial charge in [0.25, 0.3) is 0 Å².